The molecule has 1 aromatic carbocycles. The molecular formula is C24H31FN4O3. The van der Waals surface area contributed by atoms with E-state index in [4.69, 9.17) is 4.74 Å². The number of pyridine rings is 1. The lowest BCUT2D eigenvalue weighted by molar-refractivity contribution is -0.122. The molecule has 172 valence electrons. The molecule has 2 aromatic rings. The van der Waals surface area contributed by atoms with Gasteiger partial charge in [0.2, 0.25) is 11.8 Å². The Morgan fingerprint density at radius 1 is 1.19 bits per heavy atom. The van der Waals surface area contributed by atoms with E-state index >= 15 is 0 Å². The van der Waals surface area contributed by atoms with Crippen molar-refractivity contribution in [2.45, 2.75) is 51.0 Å². The smallest absolute Gasteiger partial charge is 0.234 e. The van der Waals surface area contributed by atoms with E-state index in [0.717, 1.165) is 5.69 Å². The number of nitrogens with one attached hydrogen (secondary N) is 2. The van der Waals surface area contributed by atoms with Crippen LogP contribution in [0.1, 0.15) is 43.5 Å². The zero-order chi connectivity index (χ0) is 22.9. The average Bonchev–Trinajstić information content (AvgIpc) is 2.74. The van der Waals surface area contributed by atoms with Crippen LogP contribution in [0.4, 0.5) is 4.39 Å². The van der Waals surface area contributed by atoms with Crippen molar-refractivity contribution in [1.29, 1.82) is 0 Å². The lowest BCUT2D eigenvalue weighted by Gasteiger charge is -2.36. The molecule has 8 heteroatoms. The third-order valence-electron chi connectivity index (χ3n) is 5.42. The Balaban J connectivity index is 1.49. The molecule has 2 N–H and O–H groups in total. The summed E-state index contributed by atoms with van der Waals surface area (Å²) >= 11 is 0. The minimum absolute atomic E-state index is 0.0803. The Morgan fingerprint density at radius 2 is 1.97 bits per heavy atom. The number of nitrogens with zero attached hydrogens (tertiary/aromatic N) is 2. The van der Waals surface area contributed by atoms with Crippen molar-refractivity contribution in [3.05, 3.63) is 65.7 Å². The molecule has 2 heterocycles. The van der Waals surface area contributed by atoms with Crippen molar-refractivity contribution in [3.8, 4) is 0 Å². The second kappa shape index (κ2) is 11.7. The zero-order valence-electron chi connectivity index (χ0n) is 18.6. The molecule has 0 unspecified atom stereocenters. The number of aromatic nitrogens is 1. The molecule has 3 atom stereocenters. The summed E-state index contributed by atoms with van der Waals surface area (Å²) in [5, 5.41) is 5.86. The molecule has 0 radical (unpaired) electrons. The summed E-state index contributed by atoms with van der Waals surface area (Å²) < 4.78 is 20.4. The van der Waals surface area contributed by atoms with Gasteiger partial charge in [0, 0.05) is 37.8 Å². The van der Waals surface area contributed by atoms with E-state index in [1.807, 2.05) is 30.1 Å². The van der Waals surface area contributed by atoms with E-state index in [2.05, 4.69) is 15.6 Å². The number of rotatable bonds is 9. The Kier molecular flexibility index (Phi) is 8.70. The number of amides is 2. The van der Waals surface area contributed by atoms with Gasteiger partial charge in [0.1, 0.15) is 5.82 Å². The largest absolute Gasteiger partial charge is 0.370 e. The van der Waals surface area contributed by atoms with Crippen molar-refractivity contribution in [2.24, 2.45) is 0 Å². The van der Waals surface area contributed by atoms with Gasteiger partial charge in [-0.1, -0.05) is 24.3 Å². The van der Waals surface area contributed by atoms with Crippen molar-refractivity contribution in [2.75, 3.05) is 20.1 Å². The maximum atomic E-state index is 14.3. The molecule has 1 fully saturated rings. The average molecular weight is 443 g/mol. The number of hydrogen-bond donors (Lipinski definition) is 2. The van der Waals surface area contributed by atoms with Crippen molar-refractivity contribution >= 4 is 11.8 Å². The molecule has 0 aliphatic carbocycles. The van der Waals surface area contributed by atoms with Gasteiger partial charge in [0.15, 0.2) is 0 Å². The second-order valence-electron chi connectivity index (χ2n) is 8.27. The highest BCUT2D eigenvalue weighted by Gasteiger charge is 2.32. The minimum atomic E-state index is -0.438. The molecule has 7 nitrogen and oxygen atoms in total. The van der Waals surface area contributed by atoms with Crippen LogP contribution in [0, 0.1) is 5.82 Å². The van der Waals surface area contributed by atoms with Crippen LogP contribution in [0.25, 0.3) is 0 Å². The molecular weight excluding hydrogens is 411 g/mol. The fourth-order valence-corrected chi connectivity index (χ4v) is 4.04. The first-order valence-electron chi connectivity index (χ1n) is 10.9. The molecule has 3 rings (SSSR count). The summed E-state index contributed by atoms with van der Waals surface area (Å²) in [6.07, 6.45) is 2.82. The predicted molar refractivity (Wildman–Crippen MR) is 119 cm³/mol. The molecule has 1 aliphatic heterocycles. The van der Waals surface area contributed by atoms with Gasteiger partial charge in [-0.3, -0.25) is 19.5 Å². The lowest BCUT2D eigenvalue weighted by Crippen LogP contribution is -2.43. The van der Waals surface area contributed by atoms with E-state index in [1.165, 1.54) is 13.0 Å². The Hall–Kier alpha value is -2.84. The number of carbonyl (C=O) groups excluding carboxylic acids is 2. The van der Waals surface area contributed by atoms with Gasteiger partial charge in [-0.25, -0.2) is 4.39 Å². The monoisotopic (exact) mass is 442 g/mol. The van der Waals surface area contributed by atoms with Gasteiger partial charge < -0.3 is 15.4 Å². The van der Waals surface area contributed by atoms with Crippen LogP contribution in [0.2, 0.25) is 0 Å². The van der Waals surface area contributed by atoms with Crippen LogP contribution in [0.5, 0.6) is 0 Å². The Bertz CT molecular complexity index is 896. The molecule has 32 heavy (non-hydrogen) atoms. The van der Waals surface area contributed by atoms with Crippen LogP contribution < -0.4 is 10.6 Å². The summed E-state index contributed by atoms with van der Waals surface area (Å²) in [5.74, 6) is -0.514. The molecule has 1 aromatic heterocycles. The summed E-state index contributed by atoms with van der Waals surface area (Å²) in [5.41, 5.74) is 1.40. The quantitative estimate of drug-likeness (QED) is 0.624. The first-order chi connectivity index (χ1) is 15.4. The number of carbonyl (C=O) groups is 2. The first-order valence-corrected chi connectivity index (χ1v) is 10.9. The highest BCUT2D eigenvalue weighted by Crippen LogP contribution is 2.33. The van der Waals surface area contributed by atoms with Gasteiger partial charge in [-0.2, -0.15) is 0 Å². The molecule has 0 saturated carbocycles. The van der Waals surface area contributed by atoms with Crippen molar-refractivity contribution in [3.63, 3.8) is 0 Å². The predicted octanol–water partition coefficient (Wildman–Crippen LogP) is 2.58. The fourth-order valence-electron chi connectivity index (χ4n) is 4.04. The van der Waals surface area contributed by atoms with Crippen LogP contribution in [-0.2, 0) is 20.9 Å². The number of ether oxygens (including phenoxy) is 1. The van der Waals surface area contributed by atoms with Gasteiger partial charge in [0.25, 0.3) is 0 Å². The number of halogens is 1. The summed E-state index contributed by atoms with van der Waals surface area (Å²) in [7, 11) is 1.87. The standard InChI is InChI=1S/C24H31FN4O3/c1-17(30)28-19-13-20(32-23(14-19)21-8-3-4-9-22(21)25)10-12-27-24(31)16-29(2)15-18-7-5-6-11-26-18/h3-9,11,19-20,23H,10,12-16H2,1-2H3,(H,27,31)(H,28,30)/t19-,20+,23+/m0/s1. The van der Waals surface area contributed by atoms with E-state index in [9.17, 15) is 14.0 Å². The van der Waals surface area contributed by atoms with E-state index in [1.54, 1.807) is 24.4 Å². The van der Waals surface area contributed by atoms with E-state index in [-0.39, 0.29) is 36.3 Å². The van der Waals surface area contributed by atoms with Gasteiger partial charge in [-0.15, -0.1) is 0 Å². The fraction of sp³-hybridized carbons (Fsp3) is 0.458. The highest BCUT2D eigenvalue weighted by atomic mass is 19.1. The van der Waals surface area contributed by atoms with Crippen molar-refractivity contribution in [1.82, 2.24) is 20.5 Å². The second-order valence-corrected chi connectivity index (χ2v) is 8.27. The normalized spacial score (nSPS) is 20.7. The summed E-state index contributed by atoms with van der Waals surface area (Å²) in [4.78, 5) is 30.0. The topological polar surface area (TPSA) is 83.6 Å². The lowest BCUT2D eigenvalue weighted by atomic mass is 9.92. The summed E-state index contributed by atoms with van der Waals surface area (Å²) in [6, 6.07) is 12.2. The summed E-state index contributed by atoms with van der Waals surface area (Å²) in [6.45, 7) is 2.76. The molecule has 1 aliphatic rings. The van der Waals surface area contributed by atoms with E-state index < -0.39 is 6.10 Å². The first kappa shape index (κ1) is 23.8. The van der Waals surface area contributed by atoms with Crippen LogP contribution >= 0.6 is 0 Å². The van der Waals surface area contributed by atoms with Crippen molar-refractivity contribution < 1.29 is 18.7 Å². The van der Waals surface area contributed by atoms with Crippen LogP contribution in [0.3, 0.4) is 0 Å². The van der Waals surface area contributed by atoms with Gasteiger partial charge in [-0.05, 0) is 44.5 Å². The Morgan fingerprint density at radius 3 is 2.69 bits per heavy atom. The van der Waals surface area contributed by atoms with E-state index in [0.29, 0.717) is 37.9 Å². The maximum absolute atomic E-state index is 14.3. The zero-order valence-corrected chi connectivity index (χ0v) is 18.6. The Labute approximate surface area is 188 Å². The van der Waals surface area contributed by atoms with Gasteiger partial charge >= 0.3 is 0 Å². The SMILES string of the molecule is CC(=O)N[C@H]1C[C@@H](CCNC(=O)CN(C)Cc2ccccn2)O[C@@H](c2ccccc2F)C1. The highest BCUT2D eigenvalue weighted by molar-refractivity contribution is 5.77. The third kappa shape index (κ3) is 7.39. The third-order valence-corrected chi connectivity index (χ3v) is 5.42. The number of likely N-dealkylation sites (N-methyl/N-ethyl adjacent to an activating group) is 1. The minimum Gasteiger partial charge on any atom is -0.370 e. The number of benzene rings is 1. The van der Waals surface area contributed by atoms with Crippen LogP contribution in [-0.4, -0.2) is 54.0 Å². The van der Waals surface area contributed by atoms with Crippen LogP contribution in [0.15, 0.2) is 48.7 Å². The number of hydrogen-bond acceptors (Lipinski definition) is 5. The molecule has 0 bridgehead atoms. The molecule has 2 amide bonds. The molecule has 0 spiro atoms. The van der Waals surface area contributed by atoms with Gasteiger partial charge in [0.05, 0.1) is 24.4 Å². The maximum Gasteiger partial charge on any atom is 0.234 e. The molecule has 1 saturated heterocycles.